The predicted molar refractivity (Wildman–Crippen MR) is 110 cm³/mol. The fourth-order valence-corrected chi connectivity index (χ4v) is 3.96. The molecule has 30 heavy (non-hydrogen) atoms. The Morgan fingerprint density at radius 2 is 1.90 bits per heavy atom. The van der Waals surface area contributed by atoms with Crippen molar-refractivity contribution < 1.29 is 13.6 Å². The molecule has 0 fully saturated rings. The first-order valence-electron chi connectivity index (χ1n) is 9.24. The summed E-state index contributed by atoms with van der Waals surface area (Å²) in [6.07, 6.45) is 3.31. The molecule has 7 heteroatoms. The second-order valence-electron chi connectivity index (χ2n) is 7.06. The molecular formula is C23H14ClFN2O3. The van der Waals surface area contributed by atoms with Crippen LogP contribution in [0.25, 0.3) is 11.0 Å². The lowest BCUT2D eigenvalue weighted by atomic mass is 9.98. The number of aromatic nitrogens is 1. The topological polar surface area (TPSA) is 63.4 Å². The van der Waals surface area contributed by atoms with Crippen molar-refractivity contribution in [2.75, 3.05) is 0 Å². The summed E-state index contributed by atoms with van der Waals surface area (Å²) >= 11 is 6.03. The molecule has 1 unspecified atom stereocenters. The largest absolute Gasteiger partial charge is 0.450 e. The second kappa shape index (κ2) is 7.07. The van der Waals surface area contributed by atoms with Gasteiger partial charge in [0.05, 0.1) is 17.0 Å². The van der Waals surface area contributed by atoms with Crippen molar-refractivity contribution in [3.8, 4) is 0 Å². The Morgan fingerprint density at radius 1 is 1.10 bits per heavy atom. The Morgan fingerprint density at radius 3 is 2.63 bits per heavy atom. The maximum atomic E-state index is 13.8. The van der Waals surface area contributed by atoms with Crippen molar-refractivity contribution >= 4 is 28.5 Å². The van der Waals surface area contributed by atoms with Gasteiger partial charge < -0.3 is 9.32 Å². The van der Waals surface area contributed by atoms with Crippen LogP contribution < -0.4 is 5.43 Å². The number of halogens is 2. The van der Waals surface area contributed by atoms with E-state index >= 15 is 0 Å². The van der Waals surface area contributed by atoms with Crippen LogP contribution in [0.5, 0.6) is 0 Å². The quantitative estimate of drug-likeness (QED) is 0.481. The highest BCUT2D eigenvalue weighted by molar-refractivity contribution is 6.30. The van der Waals surface area contributed by atoms with E-state index in [1.165, 1.54) is 12.1 Å². The summed E-state index contributed by atoms with van der Waals surface area (Å²) in [6, 6.07) is 13.6. The van der Waals surface area contributed by atoms with Crippen LogP contribution in [-0.4, -0.2) is 15.8 Å². The van der Waals surface area contributed by atoms with E-state index in [9.17, 15) is 14.0 Å². The van der Waals surface area contributed by atoms with Crippen LogP contribution in [0.3, 0.4) is 0 Å². The maximum Gasteiger partial charge on any atom is 0.291 e. The Labute approximate surface area is 175 Å². The number of hydrogen-bond acceptors (Lipinski definition) is 4. The average Bonchev–Trinajstić information content (AvgIpc) is 3.02. The van der Waals surface area contributed by atoms with Crippen LogP contribution in [0.1, 0.15) is 33.3 Å². The molecule has 2 aromatic heterocycles. The minimum Gasteiger partial charge on any atom is -0.450 e. The zero-order chi connectivity index (χ0) is 20.8. The zero-order valence-electron chi connectivity index (χ0n) is 15.5. The molecular weight excluding hydrogens is 407 g/mol. The monoisotopic (exact) mass is 420 g/mol. The molecule has 0 saturated heterocycles. The summed E-state index contributed by atoms with van der Waals surface area (Å²) in [6.45, 7) is 0.230. The number of carbonyl (C=O) groups is 1. The van der Waals surface area contributed by atoms with Crippen LogP contribution in [0, 0.1) is 5.82 Å². The van der Waals surface area contributed by atoms with E-state index in [4.69, 9.17) is 16.0 Å². The first-order chi connectivity index (χ1) is 14.5. The zero-order valence-corrected chi connectivity index (χ0v) is 16.3. The predicted octanol–water partition coefficient (Wildman–Crippen LogP) is 4.73. The number of nitrogens with zero attached hydrogens (tertiary/aromatic N) is 2. The molecule has 0 bridgehead atoms. The summed E-state index contributed by atoms with van der Waals surface area (Å²) in [5.74, 6) is -0.977. The summed E-state index contributed by atoms with van der Waals surface area (Å²) in [5, 5.41) is 0.637. The summed E-state index contributed by atoms with van der Waals surface area (Å²) in [5.41, 5.74) is 1.46. The number of rotatable bonds is 3. The molecule has 0 saturated carbocycles. The molecule has 5 nitrogen and oxygen atoms in total. The third-order valence-corrected chi connectivity index (χ3v) is 5.44. The van der Waals surface area contributed by atoms with Crippen molar-refractivity contribution in [3.63, 3.8) is 0 Å². The van der Waals surface area contributed by atoms with Crippen molar-refractivity contribution in [1.82, 2.24) is 9.88 Å². The van der Waals surface area contributed by atoms with Crippen LogP contribution in [0.2, 0.25) is 5.02 Å². The van der Waals surface area contributed by atoms with E-state index < -0.39 is 23.2 Å². The Bertz CT molecular complexity index is 1340. The molecule has 148 valence electrons. The average molecular weight is 421 g/mol. The number of fused-ring (bicyclic) bond motifs is 2. The molecule has 2 aromatic carbocycles. The first kappa shape index (κ1) is 18.5. The van der Waals surface area contributed by atoms with Crippen LogP contribution in [0.15, 0.2) is 76.2 Å². The minimum absolute atomic E-state index is 0.0250. The van der Waals surface area contributed by atoms with Gasteiger partial charge in [-0.1, -0.05) is 29.8 Å². The van der Waals surface area contributed by atoms with Gasteiger partial charge in [-0.15, -0.1) is 0 Å². The fraction of sp³-hybridized carbons (Fsp3) is 0.0870. The third kappa shape index (κ3) is 2.97. The Balaban J connectivity index is 1.74. The lowest BCUT2D eigenvalue weighted by Crippen LogP contribution is -2.29. The molecule has 1 aliphatic heterocycles. The highest BCUT2D eigenvalue weighted by Crippen LogP contribution is 2.39. The smallest absolute Gasteiger partial charge is 0.291 e. The normalized spacial score (nSPS) is 15.6. The first-order valence-corrected chi connectivity index (χ1v) is 9.62. The second-order valence-corrected chi connectivity index (χ2v) is 7.50. The van der Waals surface area contributed by atoms with Gasteiger partial charge in [-0.3, -0.25) is 14.6 Å². The highest BCUT2D eigenvalue weighted by Gasteiger charge is 2.42. The molecule has 0 radical (unpaired) electrons. The van der Waals surface area contributed by atoms with E-state index in [0.29, 0.717) is 10.6 Å². The summed E-state index contributed by atoms with van der Waals surface area (Å²) < 4.78 is 19.6. The molecule has 1 atom stereocenters. The maximum absolute atomic E-state index is 13.8. The van der Waals surface area contributed by atoms with E-state index in [0.717, 1.165) is 11.6 Å². The van der Waals surface area contributed by atoms with Gasteiger partial charge in [-0.2, -0.15) is 0 Å². The molecule has 1 amide bonds. The summed E-state index contributed by atoms with van der Waals surface area (Å²) in [7, 11) is 0. The molecule has 3 heterocycles. The molecule has 0 aliphatic carbocycles. The number of benzene rings is 2. The van der Waals surface area contributed by atoms with Gasteiger partial charge in [-0.05, 0) is 47.5 Å². The third-order valence-electron chi connectivity index (χ3n) is 5.19. The summed E-state index contributed by atoms with van der Waals surface area (Å²) in [4.78, 5) is 32.3. The fourth-order valence-electron chi connectivity index (χ4n) is 3.84. The molecule has 0 N–H and O–H groups in total. The minimum atomic E-state index is -0.686. The lowest BCUT2D eigenvalue weighted by Gasteiger charge is -2.25. The number of pyridine rings is 1. The van der Waals surface area contributed by atoms with Crippen LogP contribution in [-0.2, 0) is 6.54 Å². The van der Waals surface area contributed by atoms with Crippen molar-refractivity contribution in [1.29, 1.82) is 0 Å². The lowest BCUT2D eigenvalue weighted by molar-refractivity contribution is 0.0714. The molecule has 5 rings (SSSR count). The highest BCUT2D eigenvalue weighted by atomic mass is 35.5. The van der Waals surface area contributed by atoms with Crippen LogP contribution in [0.4, 0.5) is 4.39 Å². The van der Waals surface area contributed by atoms with Gasteiger partial charge >= 0.3 is 0 Å². The number of amides is 1. The van der Waals surface area contributed by atoms with Crippen LogP contribution >= 0.6 is 11.6 Å². The Hall–Kier alpha value is -3.51. The number of carbonyl (C=O) groups excluding carboxylic acids is 1. The van der Waals surface area contributed by atoms with E-state index in [1.807, 2.05) is 6.07 Å². The van der Waals surface area contributed by atoms with Crippen molar-refractivity contribution in [3.05, 3.63) is 111 Å². The van der Waals surface area contributed by atoms with Gasteiger partial charge in [0, 0.05) is 24.0 Å². The van der Waals surface area contributed by atoms with Crippen molar-refractivity contribution in [2.45, 2.75) is 12.6 Å². The van der Waals surface area contributed by atoms with Gasteiger partial charge in [0.1, 0.15) is 11.4 Å². The molecule has 1 aliphatic rings. The Kier molecular flexibility index (Phi) is 4.37. The SMILES string of the molecule is O=C1c2oc3ccc(F)cc3c(=O)c2C(c2ccc(Cl)cc2)N1Cc1cccnc1. The number of hydrogen-bond donors (Lipinski definition) is 0. The van der Waals surface area contributed by atoms with E-state index in [2.05, 4.69) is 4.98 Å². The van der Waals surface area contributed by atoms with Gasteiger partial charge in [0.15, 0.2) is 5.43 Å². The standard InChI is InChI=1S/C23H14ClFN2O3/c24-15-5-3-14(4-6-15)20-19-21(28)17-10-16(25)7-8-18(17)30-22(19)23(29)27(20)12-13-2-1-9-26-11-13/h1-11,20H,12H2. The van der Waals surface area contributed by atoms with Crippen molar-refractivity contribution in [2.24, 2.45) is 0 Å². The van der Waals surface area contributed by atoms with E-state index in [-0.39, 0.29) is 28.8 Å². The van der Waals surface area contributed by atoms with Gasteiger partial charge in [-0.25, -0.2) is 4.39 Å². The van der Waals surface area contributed by atoms with Gasteiger partial charge in [0.2, 0.25) is 5.76 Å². The van der Waals surface area contributed by atoms with E-state index in [1.54, 1.807) is 47.6 Å². The molecule has 0 spiro atoms. The molecule has 4 aromatic rings. The van der Waals surface area contributed by atoms with Gasteiger partial charge in [0.25, 0.3) is 5.91 Å².